The Hall–Kier alpha value is -2.80. The second-order valence-electron chi connectivity index (χ2n) is 6.32. The minimum Gasteiger partial charge on any atom is -0.309 e. The Labute approximate surface area is 140 Å². The molecule has 0 amide bonds. The third kappa shape index (κ3) is 2.52. The van der Waals surface area contributed by atoms with Crippen LogP contribution in [0.2, 0.25) is 0 Å². The van der Waals surface area contributed by atoms with E-state index in [4.69, 9.17) is 0 Å². The molecule has 4 nitrogen and oxygen atoms in total. The van der Waals surface area contributed by atoms with E-state index >= 15 is 0 Å². The maximum atomic E-state index is 13.1. The molecule has 1 fully saturated rings. The maximum absolute atomic E-state index is 13.1. The van der Waals surface area contributed by atoms with Gasteiger partial charge in [-0.05, 0) is 36.8 Å². The van der Waals surface area contributed by atoms with E-state index in [9.17, 15) is 4.79 Å². The van der Waals surface area contributed by atoms with Crippen LogP contribution in [0.25, 0.3) is 10.8 Å². The van der Waals surface area contributed by atoms with Crippen molar-refractivity contribution >= 4 is 10.8 Å². The first-order valence-corrected chi connectivity index (χ1v) is 8.35. The summed E-state index contributed by atoms with van der Waals surface area (Å²) in [7, 11) is 1.86. The van der Waals surface area contributed by atoms with E-state index in [1.54, 1.807) is 10.9 Å². The zero-order valence-corrected chi connectivity index (χ0v) is 13.9. The second-order valence-corrected chi connectivity index (χ2v) is 6.32. The van der Waals surface area contributed by atoms with Crippen molar-refractivity contribution in [2.45, 2.75) is 32.2 Å². The molecule has 120 valence electrons. The molecule has 24 heavy (non-hydrogen) atoms. The first kappa shape index (κ1) is 14.8. The van der Waals surface area contributed by atoms with Crippen LogP contribution in [0.3, 0.4) is 0 Å². The third-order valence-corrected chi connectivity index (χ3v) is 4.48. The largest absolute Gasteiger partial charge is 0.309 e. The average Bonchev–Trinajstić information content (AvgIpc) is 3.33. The van der Waals surface area contributed by atoms with Crippen LogP contribution in [0.5, 0.6) is 0 Å². The Morgan fingerprint density at radius 2 is 2.12 bits per heavy atom. The molecule has 0 bridgehead atoms. The van der Waals surface area contributed by atoms with Gasteiger partial charge in [0, 0.05) is 30.5 Å². The van der Waals surface area contributed by atoms with Gasteiger partial charge in [-0.25, -0.2) is 0 Å². The fraction of sp³-hybridized carbons (Fsp3) is 0.300. The lowest BCUT2D eigenvalue weighted by molar-refractivity contribution is 0.670. The highest BCUT2D eigenvalue weighted by Gasteiger charge is 2.27. The van der Waals surface area contributed by atoms with Gasteiger partial charge in [-0.3, -0.25) is 9.48 Å². The molecular formula is C20H19N3O. The molecule has 0 unspecified atom stereocenters. The summed E-state index contributed by atoms with van der Waals surface area (Å²) in [5, 5.41) is 5.84. The van der Waals surface area contributed by atoms with Gasteiger partial charge in [-0.15, -0.1) is 0 Å². The molecule has 0 radical (unpaired) electrons. The van der Waals surface area contributed by atoms with Crippen LogP contribution in [-0.4, -0.2) is 14.3 Å². The van der Waals surface area contributed by atoms with Gasteiger partial charge in [0.2, 0.25) is 0 Å². The van der Waals surface area contributed by atoms with Crippen LogP contribution in [0.15, 0.2) is 41.5 Å². The number of hydrogen-bond acceptors (Lipinski definition) is 2. The molecule has 0 saturated heterocycles. The topological polar surface area (TPSA) is 39.8 Å². The Morgan fingerprint density at radius 3 is 2.79 bits per heavy atom. The highest BCUT2D eigenvalue weighted by Crippen LogP contribution is 2.35. The van der Waals surface area contributed by atoms with Crippen molar-refractivity contribution in [1.82, 2.24) is 14.3 Å². The molecule has 0 spiro atoms. The fourth-order valence-corrected chi connectivity index (χ4v) is 3.16. The zero-order chi connectivity index (χ0) is 16.7. The zero-order valence-electron chi connectivity index (χ0n) is 13.9. The van der Waals surface area contributed by atoms with Gasteiger partial charge in [0.1, 0.15) is 0 Å². The van der Waals surface area contributed by atoms with E-state index in [1.807, 2.05) is 36.0 Å². The van der Waals surface area contributed by atoms with E-state index in [-0.39, 0.29) is 5.56 Å². The molecule has 2 heterocycles. The number of benzene rings is 1. The van der Waals surface area contributed by atoms with E-state index < -0.39 is 0 Å². The molecule has 1 aliphatic rings. The lowest BCUT2D eigenvalue weighted by atomic mass is 10.0. The van der Waals surface area contributed by atoms with Crippen LogP contribution in [-0.2, 0) is 13.5 Å². The van der Waals surface area contributed by atoms with Gasteiger partial charge in [-0.2, -0.15) is 5.10 Å². The lowest BCUT2D eigenvalue weighted by Crippen LogP contribution is -2.23. The average molecular weight is 317 g/mol. The standard InChI is InChI=1S/C20H19N3O/c1-3-17-11-16-6-4-5-15(8-7-14-12-21-22(2)13-14)19(16)20(24)23(17)18-9-10-18/h4-6,11-13,18H,3,9-10H2,1-2H3. The van der Waals surface area contributed by atoms with Crippen LogP contribution in [0.1, 0.15) is 42.6 Å². The first-order chi connectivity index (χ1) is 11.7. The summed E-state index contributed by atoms with van der Waals surface area (Å²) < 4.78 is 3.71. The highest BCUT2D eigenvalue weighted by atomic mass is 16.1. The van der Waals surface area contributed by atoms with E-state index in [0.29, 0.717) is 6.04 Å². The summed E-state index contributed by atoms with van der Waals surface area (Å²) in [4.78, 5) is 13.1. The van der Waals surface area contributed by atoms with Crippen molar-refractivity contribution in [3.05, 3.63) is 63.8 Å². The number of aromatic nitrogens is 3. The first-order valence-electron chi connectivity index (χ1n) is 8.35. The molecule has 0 aliphatic heterocycles. The van der Waals surface area contributed by atoms with Crippen LogP contribution < -0.4 is 5.56 Å². The number of hydrogen-bond donors (Lipinski definition) is 0. The SMILES string of the molecule is CCc1cc2cccc(C#Cc3cnn(C)c3)c2c(=O)n1C1CC1. The van der Waals surface area contributed by atoms with Crippen molar-refractivity contribution in [3.8, 4) is 11.8 Å². The summed E-state index contributed by atoms with van der Waals surface area (Å²) in [6.07, 6.45) is 6.67. The van der Waals surface area contributed by atoms with Gasteiger partial charge >= 0.3 is 0 Å². The molecule has 0 N–H and O–H groups in total. The Kier molecular flexibility index (Phi) is 3.50. The van der Waals surface area contributed by atoms with Gasteiger partial charge in [-0.1, -0.05) is 30.9 Å². The number of rotatable bonds is 2. The Balaban J connectivity index is 1.92. The molecule has 2 aromatic heterocycles. The van der Waals surface area contributed by atoms with Crippen molar-refractivity contribution in [3.63, 3.8) is 0 Å². The summed E-state index contributed by atoms with van der Waals surface area (Å²) in [5.74, 6) is 6.28. The van der Waals surface area contributed by atoms with Crippen LogP contribution in [0.4, 0.5) is 0 Å². The summed E-state index contributed by atoms with van der Waals surface area (Å²) in [6.45, 7) is 2.10. The van der Waals surface area contributed by atoms with E-state index in [2.05, 4.69) is 29.9 Å². The smallest absolute Gasteiger partial charge is 0.260 e. The summed E-state index contributed by atoms with van der Waals surface area (Å²) in [5.41, 5.74) is 2.86. The fourth-order valence-electron chi connectivity index (χ4n) is 3.16. The Morgan fingerprint density at radius 1 is 1.29 bits per heavy atom. The van der Waals surface area contributed by atoms with Gasteiger partial charge in [0.05, 0.1) is 17.1 Å². The van der Waals surface area contributed by atoms with Gasteiger partial charge in [0.25, 0.3) is 5.56 Å². The number of pyridine rings is 1. The minimum absolute atomic E-state index is 0.0999. The number of fused-ring (bicyclic) bond motifs is 1. The van der Waals surface area contributed by atoms with Crippen molar-refractivity contribution in [2.75, 3.05) is 0 Å². The lowest BCUT2D eigenvalue weighted by Gasteiger charge is -2.13. The van der Waals surface area contributed by atoms with Gasteiger partial charge in [0.15, 0.2) is 0 Å². The predicted molar refractivity (Wildman–Crippen MR) is 95.0 cm³/mol. The highest BCUT2D eigenvalue weighted by molar-refractivity contribution is 5.88. The summed E-state index contributed by atoms with van der Waals surface area (Å²) >= 11 is 0. The maximum Gasteiger partial charge on any atom is 0.260 e. The minimum atomic E-state index is 0.0999. The molecule has 1 saturated carbocycles. The van der Waals surface area contributed by atoms with E-state index in [1.165, 1.54) is 0 Å². The molecular weight excluding hydrogens is 298 g/mol. The Bertz CT molecular complexity index is 1040. The molecule has 1 aromatic carbocycles. The van der Waals surface area contributed by atoms with Crippen molar-refractivity contribution in [2.24, 2.45) is 7.05 Å². The summed E-state index contributed by atoms with van der Waals surface area (Å²) in [6, 6.07) is 8.41. The molecule has 0 atom stereocenters. The molecule has 4 rings (SSSR count). The van der Waals surface area contributed by atoms with Crippen LogP contribution >= 0.6 is 0 Å². The van der Waals surface area contributed by atoms with Crippen molar-refractivity contribution in [1.29, 1.82) is 0 Å². The van der Waals surface area contributed by atoms with Crippen LogP contribution in [0, 0.1) is 11.8 Å². The normalized spacial score (nSPS) is 13.8. The molecule has 1 aliphatic carbocycles. The molecule has 4 heteroatoms. The quantitative estimate of drug-likeness (QED) is 0.682. The number of nitrogens with zero attached hydrogens (tertiary/aromatic N) is 3. The van der Waals surface area contributed by atoms with Crippen molar-refractivity contribution < 1.29 is 0 Å². The predicted octanol–water partition coefficient (Wildman–Crippen LogP) is 3.03. The number of aryl methyl sites for hydroxylation is 2. The second kappa shape index (κ2) is 5.68. The monoisotopic (exact) mass is 317 g/mol. The van der Waals surface area contributed by atoms with E-state index in [0.717, 1.165) is 46.9 Å². The van der Waals surface area contributed by atoms with Gasteiger partial charge < -0.3 is 4.57 Å². The third-order valence-electron chi connectivity index (χ3n) is 4.48. The molecule has 3 aromatic rings.